The van der Waals surface area contributed by atoms with Gasteiger partial charge in [-0.25, -0.2) is 0 Å². The van der Waals surface area contributed by atoms with E-state index in [1.165, 1.54) is 310 Å². The summed E-state index contributed by atoms with van der Waals surface area (Å²) in [5, 5.41) is 47.3. The number of benzene rings is 27. The van der Waals surface area contributed by atoms with E-state index in [0.717, 1.165) is 0 Å². The van der Waals surface area contributed by atoms with E-state index in [-0.39, 0.29) is 0 Å². The molecule has 8 heterocycles. The molecule has 150 heavy (non-hydrogen) atoms. The van der Waals surface area contributed by atoms with Gasteiger partial charge in [0.2, 0.25) is 0 Å². The van der Waals surface area contributed by atoms with Crippen LogP contribution in [0.5, 0.6) is 0 Å². The van der Waals surface area contributed by atoms with Crippen molar-refractivity contribution >= 4 is 321 Å². The zero-order valence-electron chi connectivity index (χ0n) is 80.9. The largest absolute Gasteiger partial charge is 0.307 e. The first-order valence-electron chi connectivity index (χ1n) is 51.4. The Bertz CT molecular complexity index is 11900. The van der Waals surface area contributed by atoms with Crippen LogP contribution in [0.1, 0.15) is 0 Å². The molecule has 4 nitrogen and oxygen atoms in total. The summed E-state index contributed by atoms with van der Waals surface area (Å²) in [5.41, 5.74) is 17.6. The van der Waals surface area contributed by atoms with E-state index in [4.69, 9.17) is 0 Å². The normalized spacial score (nSPS) is 12.1. The molecule has 0 aliphatic carbocycles. The lowest BCUT2D eigenvalue weighted by atomic mass is 9.98. The summed E-state index contributed by atoms with van der Waals surface area (Å²) in [6.07, 6.45) is 0. The first-order valence-corrected chi connectivity index (χ1v) is 54.7. The van der Waals surface area contributed by atoms with Gasteiger partial charge >= 0.3 is 0 Å². The lowest BCUT2D eigenvalue weighted by Gasteiger charge is -2.14. The number of para-hydroxylation sites is 1. The Morgan fingerprint density at radius 2 is 0.353 bits per heavy atom. The third-order valence-electron chi connectivity index (χ3n) is 31.8. The monoisotopic (exact) mass is 1970 g/mol. The second kappa shape index (κ2) is 33.6. The molecule has 35 rings (SSSR count). The van der Waals surface area contributed by atoms with E-state index in [2.05, 4.69) is 528 Å². The zero-order valence-corrected chi connectivity index (χ0v) is 84.2. The van der Waals surface area contributed by atoms with Crippen LogP contribution in [0.25, 0.3) is 310 Å². The Hall–Kier alpha value is -18.4. The fraction of sp³-hybridized carbons (Fsp3) is 0. The van der Waals surface area contributed by atoms with Gasteiger partial charge in [0.15, 0.2) is 0 Å². The van der Waals surface area contributed by atoms with E-state index >= 15 is 0 Å². The molecule has 0 fully saturated rings. The fourth-order valence-corrected chi connectivity index (χ4v) is 30.5. The van der Waals surface area contributed by atoms with Gasteiger partial charge < -0.3 is 18.3 Å². The van der Waals surface area contributed by atoms with Crippen LogP contribution in [0.15, 0.2) is 510 Å². The molecule has 8 heteroatoms. The van der Waals surface area contributed by atoms with Gasteiger partial charge in [-0.05, 0) is 159 Å². The summed E-state index contributed by atoms with van der Waals surface area (Å²) in [4.78, 5) is 0. The Morgan fingerprint density at radius 1 is 0.120 bits per heavy atom. The number of hydrogen-bond acceptors (Lipinski definition) is 4. The minimum absolute atomic E-state index is 1.19. The zero-order chi connectivity index (χ0) is 98.0. The van der Waals surface area contributed by atoms with Gasteiger partial charge in [-0.15, -0.1) is 45.3 Å². The average Bonchev–Trinajstić information content (AvgIpc) is 1.54. The number of hydrogen-bond donors (Lipinski definition) is 0. The molecule has 0 N–H and O–H groups in total. The van der Waals surface area contributed by atoms with Crippen LogP contribution in [-0.2, 0) is 0 Å². The molecule has 35 aromatic rings. The third kappa shape index (κ3) is 12.6. The summed E-state index contributed by atoms with van der Waals surface area (Å²) in [7, 11) is 0. The maximum absolute atomic E-state index is 2.57. The smallest absolute Gasteiger partial charge is 0.0726 e. The van der Waals surface area contributed by atoms with Crippen molar-refractivity contribution in [1.82, 2.24) is 18.3 Å². The fourth-order valence-electron chi connectivity index (χ4n) is 25.5. The molecule has 0 atom stereocenters. The summed E-state index contributed by atoms with van der Waals surface area (Å²) in [6.45, 7) is 0. The van der Waals surface area contributed by atoms with Crippen LogP contribution in [0.3, 0.4) is 0 Å². The van der Waals surface area contributed by atoms with Crippen LogP contribution in [0.4, 0.5) is 0 Å². The lowest BCUT2D eigenvalue weighted by molar-refractivity contribution is 1.19. The molecule has 0 saturated heterocycles. The van der Waals surface area contributed by atoms with Gasteiger partial charge in [0.1, 0.15) is 0 Å². The van der Waals surface area contributed by atoms with Crippen LogP contribution in [-0.4, -0.2) is 18.3 Å². The lowest BCUT2D eigenvalue weighted by Crippen LogP contribution is -1.96. The highest BCUT2D eigenvalue weighted by molar-refractivity contribution is 7.28. The minimum Gasteiger partial charge on any atom is -0.307 e. The topological polar surface area (TPSA) is 19.7 Å². The first-order chi connectivity index (χ1) is 74.5. The Kier molecular flexibility index (Phi) is 19.0. The van der Waals surface area contributed by atoms with E-state index in [9.17, 15) is 0 Å². The Labute approximate surface area is 875 Å². The Balaban J connectivity index is 0.0000000884. The van der Waals surface area contributed by atoms with Crippen molar-refractivity contribution in [2.24, 2.45) is 0 Å². The molecule has 0 bridgehead atoms. The van der Waals surface area contributed by atoms with Gasteiger partial charge in [0, 0.05) is 149 Å². The molecule has 0 spiro atoms. The predicted octanol–water partition coefficient (Wildman–Crippen LogP) is 41.8. The van der Waals surface area contributed by atoms with E-state index in [0.29, 0.717) is 0 Å². The number of nitrogens with zero attached hydrogens (tertiary/aromatic N) is 4. The van der Waals surface area contributed by atoms with Gasteiger partial charge in [-0.2, -0.15) is 0 Å². The van der Waals surface area contributed by atoms with Crippen LogP contribution < -0.4 is 0 Å². The van der Waals surface area contributed by atoms with Crippen LogP contribution >= 0.6 is 45.3 Å². The summed E-state index contributed by atoms with van der Waals surface area (Å²) < 4.78 is 20.9. The SMILES string of the molecule is c1ccc(-c2ccc(-n3c4c5ccccc5ccc4c4c5ccccc5c5c6ccccc6sc5c43)cc2)cc1.c1ccc(-n2c3c4ccccc4ccc3c3c4ccccc4c4c5ccccc5sc4c32)cc1.c1ccc2c(-n3c4c5ccccc5ccc4c4c5ccccc5c5c6ccccc6sc5c43)cccc2c1.c1ccc2cc(-n3c4c5ccccc5ccc4c4c5ccccc5c5c6ccccc6sc5c43)ccc2c1. The molecule has 0 aliphatic rings. The highest BCUT2D eigenvalue weighted by Gasteiger charge is 2.31. The van der Waals surface area contributed by atoms with Crippen molar-refractivity contribution in [2.45, 2.75) is 0 Å². The Morgan fingerprint density at radius 3 is 0.713 bits per heavy atom. The van der Waals surface area contributed by atoms with Crippen molar-refractivity contribution in [2.75, 3.05) is 0 Å². The maximum atomic E-state index is 2.57. The van der Waals surface area contributed by atoms with Crippen molar-refractivity contribution in [1.29, 1.82) is 0 Å². The quantitative estimate of drug-likeness (QED) is 0.164. The summed E-state index contributed by atoms with van der Waals surface area (Å²) in [6, 6.07) is 187. The first kappa shape index (κ1) is 84.9. The number of aromatic nitrogens is 4. The maximum Gasteiger partial charge on any atom is 0.0726 e. The number of rotatable bonds is 5. The molecule has 0 saturated carbocycles. The molecule has 27 aromatic carbocycles. The molecule has 8 aromatic heterocycles. The molecule has 696 valence electrons. The second-order valence-electron chi connectivity index (χ2n) is 39.6. The van der Waals surface area contributed by atoms with Gasteiger partial charge in [-0.1, -0.05) is 443 Å². The van der Waals surface area contributed by atoms with Gasteiger partial charge in [0.05, 0.1) is 68.6 Å². The standard InChI is InChI=1S/C38H23NS.2C36H21NS.C32H19NS/c1-2-10-24(11-3-1)25-18-21-27(22-19-25)39-36-28-13-5-4-12-26(28)20-23-32(36)34-29-14-6-7-15-30(29)35-31-16-8-9-17-33(31)40-38(35)37(34)39;1-3-13-24-22(10-1)12-9-18-30(24)37-34-25-14-4-2-11-23(25)20-21-29(34)32-26-15-5-6-16-27(26)33-28-17-7-8-19-31(28)38-36(33)35(32)37;1-2-11-24-21-25(19-17-22(24)9-1)37-34-26-12-4-3-10-23(26)18-20-30(34)32-27-13-5-6-14-28(27)33-29-15-7-8-16-31(29)38-36(33)35(32)37;1-2-11-21(12-3-1)33-30-22-13-5-4-10-20(22)18-19-26(30)28-23-14-6-7-15-24(23)29-25-16-8-9-17-27(25)34-32(29)31(28)33/h1-23H;2*1-21H;1-19H. The predicted molar refractivity (Wildman–Crippen MR) is 655 cm³/mol. The van der Waals surface area contributed by atoms with E-state index in [1.54, 1.807) is 0 Å². The van der Waals surface area contributed by atoms with Crippen LogP contribution in [0, 0.1) is 0 Å². The van der Waals surface area contributed by atoms with Crippen molar-refractivity contribution in [3.05, 3.63) is 510 Å². The van der Waals surface area contributed by atoms with Gasteiger partial charge in [0.25, 0.3) is 0 Å². The van der Waals surface area contributed by atoms with E-state index < -0.39 is 0 Å². The average molecular weight is 1970 g/mol. The van der Waals surface area contributed by atoms with Crippen LogP contribution in [0.2, 0.25) is 0 Å². The third-order valence-corrected chi connectivity index (χ3v) is 36.5. The second-order valence-corrected chi connectivity index (χ2v) is 43.8. The van der Waals surface area contributed by atoms with Gasteiger partial charge in [-0.3, -0.25) is 0 Å². The highest BCUT2D eigenvalue weighted by Crippen LogP contribution is 2.56. The van der Waals surface area contributed by atoms with Crippen molar-refractivity contribution in [3.8, 4) is 33.9 Å². The van der Waals surface area contributed by atoms with Crippen molar-refractivity contribution in [3.63, 3.8) is 0 Å². The number of fused-ring (bicyclic) bond motifs is 50. The molecule has 0 aliphatic heterocycles. The molecule has 0 amide bonds. The van der Waals surface area contributed by atoms with Crippen molar-refractivity contribution < 1.29 is 0 Å². The molecular weight excluding hydrogens is 1890 g/mol. The molecular formula is C142H84N4S4. The minimum atomic E-state index is 1.19. The van der Waals surface area contributed by atoms with E-state index in [1.807, 2.05) is 45.3 Å². The molecule has 0 radical (unpaired) electrons. The molecule has 0 unspecified atom stereocenters. The summed E-state index contributed by atoms with van der Waals surface area (Å²) in [5.74, 6) is 0. The summed E-state index contributed by atoms with van der Waals surface area (Å²) >= 11 is 7.67. The number of thiophene rings is 4. The highest BCUT2D eigenvalue weighted by atomic mass is 32.1.